The minimum absolute atomic E-state index is 1.06. The van der Waals surface area contributed by atoms with E-state index in [2.05, 4.69) is 42.5 Å². The number of ether oxygens (including phenoxy) is 1. The van der Waals surface area contributed by atoms with Crippen LogP contribution in [0.4, 0.5) is 0 Å². The van der Waals surface area contributed by atoms with Crippen LogP contribution in [0.2, 0.25) is 0 Å². The summed E-state index contributed by atoms with van der Waals surface area (Å²) in [6, 6.07) is 15.9. The fraction of sp³-hybridized carbons (Fsp3) is 0.368. The molecule has 0 spiro atoms. The van der Waals surface area contributed by atoms with E-state index in [1.165, 1.54) is 35.1 Å². The molecule has 1 nitrogen and oxygen atoms in total. The molecule has 6 rings (SSSR count). The molecule has 0 aliphatic heterocycles. The van der Waals surface area contributed by atoms with Crippen LogP contribution < -0.4 is 4.74 Å². The Morgan fingerprint density at radius 3 is 1.90 bits per heavy atom. The molecule has 0 saturated carbocycles. The van der Waals surface area contributed by atoms with Crippen molar-refractivity contribution in [3.05, 3.63) is 64.7 Å². The van der Waals surface area contributed by atoms with Crippen molar-refractivity contribution >= 4 is 0 Å². The minimum Gasteiger partial charge on any atom is -0.496 e. The standard InChI is InChI=1S/C19H22O/c1-20-19-14-17-6-2-4-15-8-10-16(11-9-15)5-3-7-18(19)13-12-17/h8-14H,2-7H2,1H3. The summed E-state index contributed by atoms with van der Waals surface area (Å²) < 4.78 is 5.56. The van der Waals surface area contributed by atoms with Gasteiger partial charge in [-0.15, -0.1) is 0 Å². The van der Waals surface area contributed by atoms with Crippen molar-refractivity contribution in [1.82, 2.24) is 0 Å². The second-order valence-corrected chi connectivity index (χ2v) is 5.67. The maximum Gasteiger partial charge on any atom is 0.122 e. The van der Waals surface area contributed by atoms with Gasteiger partial charge in [-0.05, 0) is 66.8 Å². The first kappa shape index (κ1) is 13.2. The van der Waals surface area contributed by atoms with Gasteiger partial charge >= 0.3 is 0 Å². The van der Waals surface area contributed by atoms with E-state index in [1.54, 1.807) is 7.11 Å². The van der Waals surface area contributed by atoms with Crippen molar-refractivity contribution in [3.8, 4) is 5.75 Å². The van der Waals surface area contributed by atoms with Gasteiger partial charge in [0, 0.05) is 0 Å². The molecule has 4 aliphatic carbocycles. The monoisotopic (exact) mass is 266 g/mol. The summed E-state index contributed by atoms with van der Waals surface area (Å²) in [6.07, 6.45) is 6.88. The molecular weight excluding hydrogens is 244 g/mol. The van der Waals surface area contributed by atoms with E-state index < -0.39 is 0 Å². The van der Waals surface area contributed by atoms with Crippen molar-refractivity contribution in [2.24, 2.45) is 0 Å². The predicted molar refractivity (Wildman–Crippen MR) is 83.5 cm³/mol. The topological polar surface area (TPSA) is 9.23 Å². The minimum atomic E-state index is 1.06. The van der Waals surface area contributed by atoms with E-state index in [0.29, 0.717) is 0 Å². The Balaban J connectivity index is 1.86. The number of hydrogen-bond donors (Lipinski definition) is 0. The molecule has 1 heteroatoms. The van der Waals surface area contributed by atoms with Crippen molar-refractivity contribution in [3.63, 3.8) is 0 Å². The van der Waals surface area contributed by atoms with Crippen LogP contribution in [0.5, 0.6) is 5.75 Å². The first-order valence-corrected chi connectivity index (χ1v) is 7.59. The molecule has 0 fully saturated rings. The lowest BCUT2D eigenvalue weighted by Gasteiger charge is -2.12. The van der Waals surface area contributed by atoms with Crippen molar-refractivity contribution in [2.75, 3.05) is 7.11 Å². The summed E-state index contributed by atoms with van der Waals surface area (Å²) in [4.78, 5) is 0. The van der Waals surface area contributed by atoms with Crippen LogP contribution in [-0.2, 0) is 25.7 Å². The van der Waals surface area contributed by atoms with E-state index in [-0.39, 0.29) is 0 Å². The average molecular weight is 266 g/mol. The first-order valence-electron chi connectivity index (χ1n) is 7.59. The lowest BCUT2D eigenvalue weighted by Crippen LogP contribution is -1.98. The molecule has 104 valence electrons. The van der Waals surface area contributed by atoms with Gasteiger partial charge in [0.1, 0.15) is 5.75 Å². The SMILES string of the molecule is COc1cc2ccc1CCCc1ccc(cc1)CCC2. The summed E-state index contributed by atoms with van der Waals surface area (Å²) in [6.45, 7) is 0. The molecule has 4 bridgehead atoms. The first-order chi connectivity index (χ1) is 9.85. The normalized spacial score (nSPS) is 15.1. The van der Waals surface area contributed by atoms with Gasteiger partial charge in [0.25, 0.3) is 0 Å². The van der Waals surface area contributed by atoms with Gasteiger partial charge < -0.3 is 4.74 Å². The molecule has 2 aromatic rings. The van der Waals surface area contributed by atoms with E-state index in [0.717, 1.165) is 31.4 Å². The molecule has 0 amide bonds. The van der Waals surface area contributed by atoms with Crippen LogP contribution in [-0.4, -0.2) is 7.11 Å². The number of methoxy groups -OCH3 is 1. The smallest absolute Gasteiger partial charge is 0.122 e. The van der Waals surface area contributed by atoms with Gasteiger partial charge in [0.2, 0.25) is 0 Å². The van der Waals surface area contributed by atoms with Crippen LogP contribution in [0.3, 0.4) is 0 Å². The molecule has 0 radical (unpaired) electrons. The molecule has 2 aromatic carbocycles. The quantitative estimate of drug-likeness (QED) is 0.745. The largest absolute Gasteiger partial charge is 0.496 e. The number of benzene rings is 2. The highest BCUT2D eigenvalue weighted by molar-refractivity contribution is 5.38. The summed E-state index contributed by atoms with van der Waals surface area (Å²) in [5.41, 5.74) is 5.63. The van der Waals surface area contributed by atoms with Crippen molar-refractivity contribution in [2.45, 2.75) is 38.5 Å². The molecule has 0 N–H and O–H groups in total. The maximum absolute atomic E-state index is 5.56. The van der Waals surface area contributed by atoms with Crippen LogP contribution >= 0.6 is 0 Å². The second-order valence-electron chi connectivity index (χ2n) is 5.67. The summed E-state index contributed by atoms with van der Waals surface area (Å²) in [7, 11) is 1.78. The third-order valence-corrected chi connectivity index (χ3v) is 4.22. The fourth-order valence-electron chi connectivity index (χ4n) is 3.00. The summed E-state index contributed by atoms with van der Waals surface area (Å²) in [5, 5.41) is 0. The predicted octanol–water partition coefficient (Wildman–Crippen LogP) is 4.36. The Morgan fingerprint density at radius 2 is 1.25 bits per heavy atom. The zero-order valence-corrected chi connectivity index (χ0v) is 12.2. The molecule has 20 heavy (non-hydrogen) atoms. The number of aryl methyl sites for hydroxylation is 4. The van der Waals surface area contributed by atoms with Crippen molar-refractivity contribution < 1.29 is 4.74 Å². The Labute approximate surface area is 121 Å². The highest BCUT2D eigenvalue weighted by Gasteiger charge is 2.06. The number of hydrogen-bond acceptors (Lipinski definition) is 1. The highest BCUT2D eigenvalue weighted by Crippen LogP contribution is 2.24. The molecule has 0 unspecified atom stereocenters. The summed E-state index contributed by atoms with van der Waals surface area (Å²) in [5.74, 6) is 1.06. The van der Waals surface area contributed by atoms with Gasteiger partial charge in [-0.3, -0.25) is 0 Å². The van der Waals surface area contributed by atoms with Crippen LogP contribution in [0, 0.1) is 0 Å². The third kappa shape index (κ3) is 3.04. The zero-order chi connectivity index (χ0) is 13.8. The number of rotatable bonds is 1. The molecule has 0 saturated heterocycles. The Kier molecular flexibility index (Phi) is 4.05. The molecule has 0 atom stereocenters. The molecule has 0 aromatic heterocycles. The van der Waals surface area contributed by atoms with Gasteiger partial charge in [-0.25, -0.2) is 0 Å². The zero-order valence-electron chi connectivity index (χ0n) is 12.2. The lowest BCUT2D eigenvalue weighted by atomic mass is 9.97. The highest BCUT2D eigenvalue weighted by atomic mass is 16.5. The lowest BCUT2D eigenvalue weighted by molar-refractivity contribution is 0.408. The van der Waals surface area contributed by atoms with E-state index in [1.807, 2.05) is 0 Å². The summed E-state index contributed by atoms with van der Waals surface area (Å²) >= 11 is 0. The van der Waals surface area contributed by atoms with Crippen LogP contribution in [0.25, 0.3) is 0 Å². The van der Waals surface area contributed by atoms with Crippen LogP contribution in [0.15, 0.2) is 42.5 Å². The van der Waals surface area contributed by atoms with E-state index in [4.69, 9.17) is 4.74 Å². The second kappa shape index (κ2) is 6.13. The van der Waals surface area contributed by atoms with Gasteiger partial charge in [0.05, 0.1) is 7.11 Å². The average Bonchev–Trinajstić information content (AvgIpc) is 2.50. The molecule has 0 heterocycles. The van der Waals surface area contributed by atoms with Gasteiger partial charge in [0.15, 0.2) is 0 Å². The Hall–Kier alpha value is -1.76. The van der Waals surface area contributed by atoms with E-state index in [9.17, 15) is 0 Å². The van der Waals surface area contributed by atoms with Gasteiger partial charge in [-0.1, -0.05) is 36.4 Å². The van der Waals surface area contributed by atoms with E-state index >= 15 is 0 Å². The molecule has 4 aliphatic rings. The van der Waals surface area contributed by atoms with Crippen LogP contribution in [0.1, 0.15) is 35.1 Å². The molecular formula is C19H22O. The third-order valence-electron chi connectivity index (χ3n) is 4.22. The Morgan fingerprint density at radius 1 is 0.700 bits per heavy atom. The fourth-order valence-corrected chi connectivity index (χ4v) is 3.00. The Bertz CT molecular complexity index is 569. The van der Waals surface area contributed by atoms with Gasteiger partial charge in [-0.2, -0.15) is 0 Å². The van der Waals surface area contributed by atoms with Crippen molar-refractivity contribution in [1.29, 1.82) is 0 Å². The maximum atomic E-state index is 5.56.